The summed E-state index contributed by atoms with van der Waals surface area (Å²) in [5.74, 6) is -1.22. The van der Waals surface area contributed by atoms with Crippen LogP contribution in [0.15, 0.2) is 59.7 Å². The van der Waals surface area contributed by atoms with Gasteiger partial charge in [0.2, 0.25) is 0 Å². The standard InChI is InChI=1S/C17H15N3O4/c1-12(2)18-19(16(21)13-6-4-3-5-7-13)17(22)14-8-10-15(11-9-14)20(23)24/h3-11H,1-2H3. The molecule has 0 aromatic heterocycles. The lowest BCUT2D eigenvalue weighted by Gasteiger charge is -2.16. The number of rotatable bonds is 4. The molecule has 0 radical (unpaired) electrons. The first-order valence-corrected chi connectivity index (χ1v) is 7.10. The van der Waals surface area contributed by atoms with Crippen LogP contribution in [0.2, 0.25) is 0 Å². The SMILES string of the molecule is CC(C)=NN(C(=O)c1ccccc1)C(=O)c1ccc([N+](=O)[O-])cc1. The van der Waals surface area contributed by atoms with Crippen LogP contribution in [0.4, 0.5) is 5.69 Å². The van der Waals surface area contributed by atoms with Gasteiger partial charge in [0.1, 0.15) is 0 Å². The molecule has 0 fully saturated rings. The minimum absolute atomic E-state index is 0.134. The Morgan fingerprint density at radius 3 is 1.88 bits per heavy atom. The van der Waals surface area contributed by atoms with E-state index >= 15 is 0 Å². The highest BCUT2D eigenvalue weighted by Crippen LogP contribution is 2.15. The molecular formula is C17H15N3O4. The molecular weight excluding hydrogens is 310 g/mol. The van der Waals surface area contributed by atoms with Crippen LogP contribution in [0.25, 0.3) is 0 Å². The molecule has 24 heavy (non-hydrogen) atoms. The van der Waals surface area contributed by atoms with E-state index in [4.69, 9.17) is 0 Å². The Balaban J connectivity index is 2.37. The number of nitro groups is 1. The monoisotopic (exact) mass is 325 g/mol. The topological polar surface area (TPSA) is 92.9 Å². The lowest BCUT2D eigenvalue weighted by Crippen LogP contribution is -2.33. The largest absolute Gasteiger partial charge is 0.281 e. The van der Waals surface area contributed by atoms with E-state index in [1.807, 2.05) is 0 Å². The van der Waals surface area contributed by atoms with E-state index in [0.29, 0.717) is 11.3 Å². The molecule has 0 aliphatic carbocycles. The van der Waals surface area contributed by atoms with Gasteiger partial charge in [-0.25, -0.2) is 0 Å². The predicted octanol–water partition coefficient (Wildman–Crippen LogP) is 3.27. The first kappa shape index (κ1) is 17.0. The summed E-state index contributed by atoms with van der Waals surface area (Å²) < 4.78 is 0. The molecule has 0 unspecified atom stereocenters. The second kappa shape index (κ2) is 7.28. The van der Waals surface area contributed by atoms with Gasteiger partial charge in [-0.3, -0.25) is 19.7 Å². The fraction of sp³-hybridized carbons (Fsp3) is 0.118. The number of hydrazone groups is 1. The van der Waals surface area contributed by atoms with Crippen LogP contribution in [0.1, 0.15) is 34.6 Å². The summed E-state index contributed by atoms with van der Waals surface area (Å²) in [5.41, 5.74) is 0.838. The molecule has 0 spiro atoms. The van der Waals surface area contributed by atoms with Crippen molar-refractivity contribution >= 4 is 23.2 Å². The highest BCUT2D eigenvalue weighted by molar-refractivity contribution is 6.10. The van der Waals surface area contributed by atoms with E-state index in [1.165, 1.54) is 24.3 Å². The predicted molar refractivity (Wildman–Crippen MR) is 88.8 cm³/mol. The van der Waals surface area contributed by atoms with Crippen LogP contribution in [0.5, 0.6) is 0 Å². The van der Waals surface area contributed by atoms with Gasteiger partial charge < -0.3 is 0 Å². The fourth-order valence-electron chi connectivity index (χ4n) is 1.93. The first-order chi connectivity index (χ1) is 11.4. The van der Waals surface area contributed by atoms with Gasteiger partial charge in [-0.1, -0.05) is 18.2 Å². The summed E-state index contributed by atoms with van der Waals surface area (Å²) in [4.78, 5) is 35.3. The molecule has 0 saturated carbocycles. The molecule has 7 nitrogen and oxygen atoms in total. The van der Waals surface area contributed by atoms with E-state index in [1.54, 1.807) is 44.2 Å². The van der Waals surface area contributed by atoms with Crippen molar-refractivity contribution in [2.45, 2.75) is 13.8 Å². The van der Waals surface area contributed by atoms with Gasteiger partial charge in [-0.05, 0) is 38.1 Å². The second-order valence-electron chi connectivity index (χ2n) is 5.14. The van der Waals surface area contributed by atoms with E-state index in [0.717, 1.165) is 5.01 Å². The number of benzene rings is 2. The lowest BCUT2D eigenvalue weighted by atomic mass is 10.1. The molecule has 0 aliphatic rings. The second-order valence-corrected chi connectivity index (χ2v) is 5.14. The average Bonchev–Trinajstić information content (AvgIpc) is 2.59. The van der Waals surface area contributed by atoms with Gasteiger partial charge in [0, 0.05) is 29.0 Å². The van der Waals surface area contributed by atoms with Crippen LogP contribution < -0.4 is 0 Å². The number of imide groups is 1. The van der Waals surface area contributed by atoms with Crippen molar-refractivity contribution in [2.75, 3.05) is 0 Å². The lowest BCUT2D eigenvalue weighted by molar-refractivity contribution is -0.384. The molecule has 0 heterocycles. The van der Waals surface area contributed by atoms with E-state index in [9.17, 15) is 19.7 Å². The molecule has 2 amide bonds. The van der Waals surface area contributed by atoms with Crippen LogP contribution in [-0.2, 0) is 0 Å². The molecule has 122 valence electrons. The minimum Gasteiger partial charge on any atom is -0.267 e. The van der Waals surface area contributed by atoms with E-state index in [-0.39, 0.29) is 11.3 Å². The molecule has 0 aliphatic heterocycles. The van der Waals surface area contributed by atoms with Gasteiger partial charge in [0.25, 0.3) is 17.5 Å². The molecule has 0 atom stereocenters. The van der Waals surface area contributed by atoms with Crippen LogP contribution in [0.3, 0.4) is 0 Å². The van der Waals surface area contributed by atoms with Gasteiger partial charge in [-0.15, -0.1) is 0 Å². The van der Waals surface area contributed by atoms with Crippen molar-refractivity contribution in [1.29, 1.82) is 0 Å². The molecule has 0 bridgehead atoms. The molecule has 7 heteroatoms. The van der Waals surface area contributed by atoms with Gasteiger partial charge >= 0.3 is 0 Å². The van der Waals surface area contributed by atoms with Gasteiger partial charge in [0.15, 0.2) is 0 Å². The summed E-state index contributed by atoms with van der Waals surface area (Å²) in [5, 5.41) is 15.5. The van der Waals surface area contributed by atoms with Crippen molar-refractivity contribution in [3.05, 3.63) is 75.8 Å². The zero-order valence-electron chi connectivity index (χ0n) is 13.2. The van der Waals surface area contributed by atoms with Crippen molar-refractivity contribution in [1.82, 2.24) is 5.01 Å². The van der Waals surface area contributed by atoms with Crippen LogP contribution in [-0.4, -0.2) is 27.5 Å². The maximum Gasteiger partial charge on any atom is 0.281 e. The fourth-order valence-corrected chi connectivity index (χ4v) is 1.93. The number of carbonyl (C=O) groups is 2. The summed E-state index contributed by atoms with van der Waals surface area (Å²) >= 11 is 0. The number of hydrogen-bond donors (Lipinski definition) is 0. The van der Waals surface area contributed by atoms with Crippen molar-refractivity contribution in [2.24, 2.45) is 5.10 Å². The normalized spacial score (nSPS) is 9.92. The Hall–Kier alpha value is -3.35. The Labute approximate surface area is 138 Å². The first-order valence-electron chi connectivity index (χ1n) is 7.10. The molecule has 2 aromatic carbocycles. The number of carbonyl (C=O) groups excluding carboxylic acids is 2. The average molecular weight is 325 g/mol. The quantitative estimate of drug-likeness (QED) is 0.373. The van der Waals surface area contributed by atoms with Crippen molar-refractivity contribution in [3.63, 3.8) is 0 Å². The number of nitrogens with zero attached hydrogens (tertiary/aromatic N) is 3. The van der Waals surface area contributed by atoms with Gasteiger partial charge in [0.05, 0.1) is 4.92 Å². The molecule has 0 N–H and O–H groups in total. The third-order valence-electron chi connectivity index (χ3n) is 3.03. The summed E-state index contributed by atoms with van der Waals surface area (Å²) in [6, 6.07) is 13.3. The van der Waals surface area contributed by atoms with Gasteiger partial charge in [-0.2, -0.15) is 10.1 Å². The zero-order chi connectivity index (χ0) is 17.7. The Morgan fingerprint density at radius 1 is 0.917 bits per heavy atom. The zero-order valence-corrected chi connectivity index (χ0v) is 13.2. The van der Waals surface area contributed by atoms with Crippen LogP contribution in [0, 0.1) is 10.1 Å². The number of nitro benzene ring substituents is 1. The van der Waals surface area contributed by atoms with E-state index < -0.39 is 16.7 Å². The van der Waals surface area contributed by atoms with Crippen LogP contribution >= 0.6 is 0 Å². The number of hydrogen-bond acceptors (Lipinski definition) is 5. The highest BCUT2D eigenvalue weighted by Gasteiger charge is 2.24. The summed E-state index contributed by atoms with van der Waals surface area (Å²) in [7, 11) is 0. The third-order valence-corrected chi connectivity index (χ3v) is 3.03. The molecule has 2 rings (SSSR count). The Bertz CT molecular complexity index is 794. The Morgan fingerprint density at radius 2 is 1.42 bits per heavy atom. The van der Waals surface area contributed by atoms with Crippen molar-refractivity contribution < 1.29 is 14.5 Å². The summed E-state index contributed by atoms with van der Waals surface area (Å²) in [6.07, 6.45) is 0. The smallest absolute Gasteiger partial charge is 0.267 e. The van der Waals surface area contributed by atoms with Crippen molar-refractivity contribution in [3.8, 4) is 0 Å². The third kappa shape index (κ3) is 3.89. The Kier molecular flexibility index (Phi) is 5.16. The number of amides is 2. The molecule has 0 saturated heterocycles. The highest BCUT2D eigenvalue weighted by atomic mass is 16.6. The summed E-state index contributed by atoms with van der Waals surface area (Å²) in [6.45, 7) is 3.32. The van der Waals surface area contributed by atoms with E-state index in [2.05, 4.69) is 5.10 Å². The maximum atomic E-state index is 12.6. The molecule has 2 aromatic rings. The number of non-ortho nitro benzene ring substituents is 1. The minimum atomic E-state index is -0.653. The maximum absolute atomic E-state index is 12.6.